The average Bonchev–Trinajstić information content (AvgIpc) is 3.29. The Morgan fingerprint density at radius 3 is 2.74 bits per heavy atom. The summed E-state index contributed by atoms with van der Waals surface area (Å²) in [5, 5.41) is 9.56. The molecule has 0 amide bonds. The van der Waals surface area contributed by atoms with Crippen molar-refractivity contribution in [3.05, 3.63) is 57.0 Å². The summed E-state index contributed by atoms with van der Waals surface area (Å²) in [4.78, 5) is 33.4. The normalized spacial score (nSPS) is 12.3. The van der Waals surface area contributed by atoms with E-state index in [0.29, 0.717) is 31.6 Å². The number of rotatable bonds is 6. The number of thiophene rings is 1. The molecular formula is C21H21N5O3S2. The molecule has 1 atom stereocenters. The van der Waals surface area contributed by atoms with E-state index in [1.165, 1.54) is 23.1 Å². The van der Waals surface area contributed by atoms with Crippen LogP contribution in [0.5, 0.6) is 0 Å². The summed E-state index contributed by atoms with van der Waals surface area (Å²) in [7, 11) is 1.91. The summed E-state index contributed by atoms with van der Waals surface area (Å²) < 4.78 is 7.01. The van der Waals surface area contributed by atoms with Gasteiger partial charge in [0, 0.05) is 12.6 Å². The molecule has 0 aliphatic heterocycles. The van der Waals surface area contributed by atoms with E-state index in [-0.39, 0.29) is 17.4 Å². The zero-order chi connectivity index (χ0) is 22.1. The second-order valence-electron chi connectivity index (χ2n) is 6.90. The first-order valence-corrected chi connectivity index (χ1v) is 11.4. The molecule has 4 rings (SSSR count). The average molecular weight is 456 g/mol. The highest BCUT2D eigenvalue weighted by Crippen LogP contribution is 2.35. The molecule has 0 saturated carbocycles. The van der Waals surface area contributed by atoms with Gasteiger partial charge in [-0.05, 0) is 26.3 Å². The van der Waals surface area contributed by atoms with Crippen LogP contribution in [0.3, 0.4) is 0 Å². The van der Waals surface area contributed by atoms with Crippen LogP contribution >= 0.6 is 23.1 Å². The van der Waals surface area contributed by atoms with Gasteiger partial charge in [-0.3, -0.25) is 4.79 Å². The van der Waals surface area contributed by atoms with E-state index >= 15 is 0 Å². The smallest absolute Gasteiger partial charge is 0.348 e. The van der Waals surface area contributed by atoms with Gasteiger partial charge in [0.1, 0.15) is 15.5 Å². The summed E-state index contributed by atoms with van der Waals surface area (Å²) in [5.74, 6) is 0.850. The minimum Gasteiger partial charge on any atom is -0.462 e. The predicted octanol–water partition coefficient (Wildman–Crippen LogP) is 4.12. The maximum absolute atomic E-state index is 12.7. The molecule has 0 fully saturated rings. The van der Waals surface area contributed by atoms with Crippen molar-refractivity contribution in [2.45, 2.75) is 31.2 Å². The summed E-state index contributed by atoms with van der Waals surface area (Å²) in [5.41, 5.74) is 1.31. The lowest BCUT2D eigenvalue weighted by Crippen LogP contribution is -2.13. The Bertz CT molecular complexity index is 1310. The van der Waals surface area contributed by atoms with E-state index in [4.69, 9.17) is 4.74 Å². The summed E-state index contributed by atoms with van der Waals surface area (Å²) in [6.07, 6.45) is 0. The minimum atomic E-state index is -0.432. The number of esters is 1. The SMILES string of the molecule is CCOC(=O)c1sc2nc(C(C)Sc3nnc(-c4ccccc4)n3C)[nH]c(=O)c2c1C. The highest BCUT2D eigenvalue weighted by Gasteiger charge is 2.22. The highest BCUT2D eigenvalue weighted by atomic mass is 32.2. The number of fused-ring (bicyclic) bond motifs is 1. The number of aromatic nitrogens is 5. The van der Waals surface area contributed by atoms with E-state index in [0.717, 1.165) is 11.4 Å². The number of benzene rings is 1. The first-order chi connectivity index (χ1) is 14.9. The van der Waals surface area contributed by atoms with Crippen molar-refractivity contribution >= 4 is 39.3 Å². The molecule has 0 aliphatic carbocycles. The molecule has 3 heterocycles. The Morgan fingerprint density at radius 1 is 1.29 bits per heavy atom. The molecule has 10 heteroatoms. The standard InChI is InChI=1S/C21H21N5O3S2/c1-5-29-20(28)15-11(2)14-18(27)22-16(23-19(14)31-15)12(3)30-21-25-24-17(26(21)4)13-9-7-6-8-10-13/h6-10,12H,5H2,1-4H3,(H,22,23,27). The summed E-state index contributed by atoms with van der Waals surface area (Å²) in [6, 6.07) is 9.83. The van der Waals surface area contributed by atoms with Gasteiger partial charge in [-0.2, -0.15) is 0 Å². The van der Waals surface area contributed by atoms with Crippen LogP contribution in [0, 0.1) is 6.92 Å². The van der Waals surface area contributed by atoms with Crippen molar-refractivity contribution in [1.82, 2.24) is 24.7 Å². The van der Waals surface area contributed by atoms with Crippen LogP contribution in [-0.2, 0) is 11.8 Å². The largest absolute Gasteiger partial charge is 0.462 e. The minimum absolute atomic E-state index is 0.183. The van der Waals surface area contributed by atoms with Gasteiger partial charge in [0.2, 0.25) is 0 Å². The lowest BCUT2D eigenvalue weighted by atomic mass is 10.2. The number of nitrogens with one attached hydrogen (secondary N) is 1. The number of carbonyl (C=O) groups is 1. The lowest BCUT2D eigenvalue weighted by Gasteiger charge is -2.10. The second kappa shape index (κ2) is 8.64. The van der Waals surface area contributed by atoms with Crippen molar-refractivity contribution in [2.24, 2.45) is 7.05 Å². The van der Waals surface area contributed by atoms with E-state index < -0.39 is 5.97 Å². The number of aromatic amines is 1. The highest BCUT2D eigenvalue weighted by molar-refractivity contribution is 7.99. The number of ether oxygens (including phenoxy) is 1. The molecule has 0 bridgehead atoms. The number of H-pyrrole nitrogens is 1. The molecular weight excluding hydrogens is 434 g/mol. The maximum Gasteiger partial charge on any atom is 0.348 e. The van der Waals surface area contributed by atoms with Crippen molar-refractivity contribution < 1.29 is 9.53 Å². The van der Waals surface area contributed by atoms with E-state index in [2.05, 4.69) is 20.2 Å². The number of aryl methyl sites for hydroxylation is 1. The Labute approximate surface area is 186 Å². The molecule has 0 saturated heterocycles. The fraction of sp³-hybridized carbons (Fsp3) is 0.286. The molecule has 0 spiro atoms. The molecule has 0 aliphatic rings. The van der Waals surface area contributed by atoms with Crippen LogP contribution in [0.2, 0.25) is 0 Å². The lowest BCUT2D eigenvalue weighted by molar-refractivity contribution is 0.0531. The summed E-state index contributed by atoms with van der Waals surface area (Å²) >= 11 is 2.63. The predicted molar refractivity (Wildman–Crippen MR) is 122 cm³/mol. The summed E-state index contributed by atoms with van der Waals surface area (Å²) in [6.45, 7) is 5.71. The van der Waals surface area contributed by atoms with E-state index in [1.807, 2.05) is 48.9 Å². The number of nitrogens with zero attached hydrogens (tertiary/aromatic N) is 4. The Hall–Kier alpha value is -2.98. The van der Waals surface area contributed by atoms with Gasteiger partial charge in [0.05, 0.1) is 17.2 Å². The van der Waals surface area contributed by atoms with Crippen LogP contribution in [0.4, 0.5) is 0 Å². The van der Waals surface area contributed by atoms with Gasteiger partial charge < -0.3 is 14.3 Å². The monoisotopic (exact) mass is 455 g/mol. The Balaban J connectivity index is 1.64. The molecule has 1 N–H and O–H groups in total. The van der Waals surface area contributed by atoms with Crippen molar-refractivity contribution in [1.29, 1.82) is 0 Å². The van der Waals surface area contributed by atoms with Crippen LogP contribution in [0.1, 0.15) is 40.2 Å². The van der Waals surface area contributed by atoms with Crippen LogP contribution in [0.15, 0.2) is 40.3 Å². The van der Waals surface area contributed by atoms with Crippen molar-refractivity contribution in [3.63, 3.8) is 0 Å². The molecule has 4 aromatic rings. The number of carbonyl (C=O) groups excluding carboxylic acids is 1. The van der Waals surface area contributed by atoms with Gasteiger partial charge in [0.25, 0.3) is 5.56 Å². The Morgan fingerprint density at radius 2 is 2.03 bits per heavy atom. The molecule has 31 heavy (non-hydrogen) atoms. The van der Waals surface area contributed by atoms with Crippen LogP contribution in [-0.4, -0.2) is 37.3 Å². The van der Waals surface area contributed by atoms with Gasteiger partial charge >= 0.3 is 5.97 Å². The number of thioether (sulfide) groups is 1. The van der Waals surface area contributed by atoms with Crippen LogP contribution in [0.25, 0.3) is 21.6 Å². The first kappa shape index (κ1) is 21.3. The topological polar surface area (TPSA) is 103 Å². The Kier molecular flexibility index (Phi) is 5.92. The molecule has 3 aromatic heterocycles. The van der Waals surface area contributed by atoms with Gasteiger partial charge in [0.15, 0.2) is 11.0 Å². The maximum atomic E-state index is 12.7. The fourth-order valence-electron chi connectivity index (χ4n) is 3.21. The molecule has 0 radical (unpaired) electrons. The molecule has 8 nitrogen and oxygen atoms in total. The third-order valence-electron chi connectivity index (χ3n) is 4.81. The van der Waals surface area contributed by atoms with Crippen molar-refractivity contribution in [2.75, 3.05) is 6.61 Å². The van der Waals surface area contributed by atoms with E-state index in [9.17, 15) is 9.59 Å². The molecule has 1 unspecified atom stereocenters. The van der Waals surface area contributed by atoms with Crippen LogP contribution < -0.4 is 5.56 Å². The zero-order valence-corrected chi connectivity index (χ0v) is 19.1. The third-order valence-corrected chi connectivity index (χ3v) is 7.12. The second-order valence-corrected chi connectivity index (χ2v) is 9.21. The van der Waals surface area contributed by atoms with Crippen molar-refractivity contribution in [3.8, 4) is 11.4 Å². The molecule has 1 aromatic carbocycles. The quantitative estimate of drug-likeness (QED) is 0.345. The number of hydrogen-bond donors (Lipinski definition) is 1. The van der Waals surface area contributed by atoms with Gasteiger partial charge in [-0.15, -0.1) is 21.5 Å². The van der Waals surface area contributed by atoms with E-state index in [1.54, 1.807) is 13.8 Å². The zero-order valence-electron chi connectivity index (χ0n) is 17.5. The van der Waals surface area contributed by atoms with Gasteiger partial charge in [-0.1, -0.05) is 42.1 Å². The van der Waals surface area contributed by atoms with Gasteiger partial charge in [-0.25, -0.2) is 9.78 Å². The molecule has 160 valence electrons. The third kappa shape index (κ3) is 4.00. The first-order valence-electron chi connectivity index (χ1n) is 9.72. The fourth-order valence-corrected chi connectivity index (χ4v) is 5.17. The number of hydrogen-bond acceptors (Lipinski definition) is 8.